The Bertz CT molecular complexity index is 334. The van der Waals surface area contributed by atoms with Gasteiger partial charge in [-0.25, -0.2) is 9.59 Å². The average molecular weight is 274 g/mol. The van der Waals surface area contributed by atoms with Gasteiger partial charge in [0.25, 0.3) is 0 Å². The summed E-state index contributed by atoms with van der Waals surface area (Å²) in [4.78, 5) is 26.3. The first-order valence-electron chi connectivity index (χ1n) is 6.35. The molecule has 1 aliphatic rings. The lowest BCUT2D eigenvalue weighted by Crippen LogP contribution is -2.51. The molecular weight excluding hydrogens is 252 g/mol. The molecule has 2 atom stereocenters. The molecule has 2 amide bonds. The largest absolute Gasteiger partial charge is 0.480 e. The number of β-amino-alcohol motifs (C(OH)–C–C–N with tert-alkyl or cyclic N) is 1. The van der Waals surface area contributed by atoms with Crippen LogP contribution in [-0.4, -0.2) is 77.0 Å². The summed E-state index contributed by atoms with van der Waals surface area (Å²) in [6.07, 6.45) is -0.696. The van der Waals surface area contributed by atoms with E-state index in [9.17, 15) is 14.7 Å². The van der Waals surface area contributed by atoms with Gasteiger partial charge in [-0.15, -0.1) is 0 Å². The number of amides is 2. The number of carboxylic acid groups (broad SMARTS) is 1. The molecule has 110 valence electrons. The van der Waals surface area contributed by atoms with E-state index in [0.717, 1.165) is 0 Å². The van der Waals surface area contributed by atoms with Crippen LogP contribution < -0.4 is 0 Å². The summed E-state index contributed by atoms with van der Waals surface area (Å²) in [5, 5.41) is 18.7. The smallest absolute Gasteiger partial charge is 0.326 e. The summed E-state index contributed by atoms with van der Waals surface area (Å²) in [6, 6.07) is -1.38. The van der Waals surface area contributed by atoms with Crippen LogP contribution in [0.5, 0.6) is 0 Å². The number of carboxylic acids is 1. The Kier molecular flexibility index (Phi) is 5.56. The highest BCUT2D eigenvalue weighted by Crippen LogP contribution is 2.20. The molecule has 7 heteroatoms. The van der Waals surface area contributed by atoms with Crippen LogP contribution in [0.3, 0.4) is 0 Å². The Morgan fingerprint density at radius 1 is 1.47 bits per heavy atom. The van der Waals surface area contributed by atoms with Crippen LogP contribution in [0.1, 0.15) is 20.3 Å². The van der Waals surface area contributed by atoms with Crippen molar-refractivity contribution in [2.45, 2.75) is 38.5 Å². The number of carbonyl (C=O) groups excluding carboxylic acids is 1. The number of aliphatic hydroxyl groups is 1. The molecule has 0 aromatic heterocycles. The van der Waals surface area contributed by atoms with Crippen LogP contribution >= 0.6 is 0 Å². The molecule has 1 fully saturated rings. The summed E-state index contributed by atoms with van der Waals surface area (Å²) < 4.78 is 4.95. The molecule has 0 aliphatic carbocycles. The van der Waals surface area contributed by atoms with Crippen molar-refractivity contribution < 1.29 is 24.5 Å². The fourth-order valence-corrected chi connectivity index (χ4v) is 2.19. The van der Waals surface area contributed by atoms with E-state index in [4.69, 9.17) is 9.84 Å². The van der Waals surface area contributed by atoms with Gasteiger partial charge in [0.1, 0.15) is 6.04 Å². The van der Waals surface area contributed by atoms with Gasteiger partial charge in [-0.05, 0) is 13.8 Å². The third kappa shape index (κ3) is 3.81. The van der Waals surface area contributed by atoms with Crippen LogP contribution in [0, 0.1) is 0 Å². The summed E-state index contributed by atoms with van der Waals surface area (Å²) in [5.74, 6) is -1.08. The molecular formula is C12H22N2O5. The van der Waals surface area contributed by atoms with Crippen LogP contribution in [0.25, 0.3) is 0 Å². The number of nitrogens with zero attached hydrogens (tertiary/aromatic N) is 2. The lowest BCUT2D eigenvalue weighted by Gasteiger charge is -2.32. The van der Waals surface area contributed by atoms with E-state index in [1.165, 1.54) is 4.90 Å². The molecule has 0 radical (unpaired) electrons. The van der Waals surface area contributed by atoms with Crippen LogP contribution in [0.4, 0.5) is 4.79 Å². The summed E-state index contributed by atoms with van der Waals surface area (Å²) in [6.45, 7) is 4.56. The summed E-state index contributed by atoms with van der Waals surface area (Å²) in [7, 11) is 1.54. The Balaban J connectivity index is 2.80. The monoisotopic (exact) mass is 274 g/mol. The van der Waals surface area contributed by atoms with Crippen LogP contribution in [0.15, 0.2) is 0 Å². The van der Waals surface area contributed by atoms with Gasteiger partial charge in [-0.2, -0.15) is 0 Å². The zero-order valence-corrected chi connectivity index (χ0v) is 11.6. The Hall–Kier alpha value is -1.34. The number of carbonyl (C=O) groups is 2. The van der Waals surface area contributed by atoms with E-state index >= 15 is 0 Å². The maximum atomic E-state index is 12.4. The number of urea groups is 1. The maximum absolute atomic E-state index is 12.4. The molecule has 19 heavy (non-hydrogen) atoms. The first-order valence-corrected chi connectivity index (χ1v) is 6.35. The molecule has 0 aromatic rings. The van der Waals surface area contributed by atoms with Gasteiger partial charge >= 0.3 is 12.0 Å². The molecule has 0 spiro atoms. The standard InChI is InChI=1S/C12H22N2O5/c1-8(2)13(4-5-19-3)12(18)14-7-9(15)6-10(14)11(16)17/h8-10,15H,4-7H2,1-3H3,(H,16,17)/t9-,10-/m0/s1. The number of rotatable bonds is 5. The third-order valence-electron chi connectivity index (χ3n) is 3.22. The topological polar surface area (TPSA) is 90.3 Å². The minimum absolute atomic E-state index is 0.0603. The molecule has 0 bridgehead atoms. The minimum Gasteiger partial charge on any atom is -0.480 e. The van der Waals surface area contributed by atoms with Gasteiger partial charge in [0.2, 0.25) is 0 Å². The van der Waals surface area contributed by atoms with E-state index in [2.05, 4.69) is 0 Å². The first-order chi connectivity index (χ1) is 8.88. The van der Waals surface area contributed by atoms with Gasteiger partial charge < -0.3 is 24.7 Å². The fraction of sp³-hybridized carbons (Fsp3) is 0.833. The Morgan fingerprint density at radius 3 is 2.58 bits per heavy atom. The predicted molar refractivity (Wildman–Crippen MR) is 67.9 cm³/mol. The normalized spacial score (nSPS) is 22.9. The maximum Gasteiger partial charge on any atom is 0.326 e. The van der Waals surface area contributed by atoms with Crippen LogP contribution in [0.2, 0.25) is 0 Å². The van der Waals surface area contributed by atoms with Gasteiger partial charge in [-0.1, -0.05) is 0 Å². The van der Waals surface area contributed by atoms with Crippen molar-refractivity contribution in [3.05, 3.63) is 0 Å². The first kappa shape index (κ1) is 15.7. The lowest BCUT2D eigenvalue weighted by molar-refractivity contribution is -0.141. The molecule has 7 nitrogen and oxygen atoms in total. The molecule has 1 aliphatic heterocycles. The van der Waals surface area contributed by atoms with Crippen molar-refractivity contribution in [2.75, 3.05) is 26.8 Å². The van der Waals surface area contributed by atoms with Gasteiger partial charge in [0, 0.05) is 32.7 Å². The van der Waals surface area contributed by atoms with Gasteiger partial charge in [-0.3, -0.25) is 0 Å². The molecule has 1 saturated heterocycles. The van der Waals surface area contributed by atoms with E-state index in [1.54, 1.807) is 12.0 Å². The third-order valence-corrected chi connectivity index (χ3v) is 3.22. The molecule has 0 aromatic carbocycles. The second-order valence-electron chi connectivity index (χ2n) is 4.96. The number of aliphatic hydroxyl groups excluding tert-OH is 1. The number of aliphatic carboxylic acids is 1. The highest BCUT2D eigenvalue weighted by molar-refractivity contribution is 5.83. The predicted octanol–water partition coefficient (Wildman–Crippen LogP) is -0.0170. The van der Waals surface area contributed by atoms with Crippen molar-refractivity contribution in [3.63, 3.8) is 0 Å². The van der Waals surface area contributed by atoms with E-state index in [0.29, 0.717) is 13.2 Å². The summed E-state index contributed by atoms with van der Waals surface area (Å²) in [5.41, 5.74) is 0. The zero-order chi connectivity index (χ0) is 14.6. The Labute approximate surface area is 112 Å². The quantitative estimate of drug-likeness (QED) is 0.735. The van der Waals surface area contributed by atoms with E-state index in [1.807, 2.05) is 13.8 Å². The van der Waals surface area contributed by atoms with Crippen molar-refractivity contribution in [2.24, 2.45) is 0 Å². The second kappa shape index (κ2) is 6.72. The van der Waals surface area contributed by atoms with E-state index in [-0.39, 0.29) is 25.0 Å². The zero-order valence-electron chi connectivity index (χ0n) is 11.6. The SMILES string of the molecule is COCCN(C(=O)N1C[C@@H](O)C[C@H]1C(=O)O)C(C)C. The molecule has 2 N–H and O–H groups in total. The van der Waals surface area contributed by atoms with Crippen molar-refractivity contribution in [3.8, 4) is 0 Å². The minimum atomic E-state index is -1.08. The summed E-state index contributed by atoms with van der Waals surface area (Å²) >= 11 is 0. The number of ether oxygens (including phenoxy) is 1. The number of methoxy groups -OCH3 is 1. The molecule has 1 rings (SSSR count). The average Bonchev–Trinajstić information content (AvgIpc) is 2.71. The van der Waals surface area contributed by atoms with E-state index < -0.39 is 18.1 Å². The van der Waals surface area contributed by atoms with Gasteiger partial charge in [0.05, 0.1) is 12.7 Å². The lowest BCUT2D eigenvalue weighted by atomic mass is 10.2. The highest BCUT2D eigenvalue weighted by Gasteiger charge is 2.40. The van der Waals surface area contributed by atoms with Gasteiger partial charge in [0.15, 0.2) is 0 Å². The molecule has 1 heterocycles. The number of hydrogen-bond donors (Lipinski definition) is 2. The van der Waals surface area contributed by atoms with Crippen molar-refractivity contribution in [1.29, 1.82) is 0 Å². The van der Waals surface area contributed by atoms with Crippen LogP contribution in [-0.2, 0) is 9.53 Å². The second-order valence-corrected chi connectivity index (χ2v) is 4.96. The molecule has 0 saturated carbocycles. The van der Waals surface area contributed by atoms with Crippen molar-refractivity contribution >= 4 is 12.0 Å². The fourth-order valence-electron chi connectivity index (χ4n) is 2.19. The Morgan fingerprint density at radius 2 is 2.11 bits per heavy atom. The number of hydrogen-bond acceptors (Lipinski definition) is 4. The van der Waals surface area contributed by atoms with Crippen molar-refractivity contribution in [1.82, 2.24) is 9.80 Å². The number of likely N-dealkylation sites (tertiary alicyclic amines) is 1. The highest BCUT2D eigenvalue weighted by atomic mass is 16.5. The molecule has 0 unspecified atom stereocenters.